The number of Topliss-reactive ketones (excluding diaryl/α,β-unsaturated/α-hetero) is 3. The fourth-order valence-electron chi connectivity index (χ4n) is 6.73. The highest BCUT2D eigenvalue weighted by Crippen LogP contribution is 2.64. The second-order valence-corrected chi connectivity index (χ2v) is 10.2. The predicted molar refractivity (Wildman–Crippen MR) is 146 cm³/mol. The highest BCUT2D eigenvalue weighted by molar-refractivity contribution is 6.31. The average Bonchev–Trinajstić information content (AvgIpc) is 3.43. The van der Waals surface area contributed by atoms with Crippen LogP contribution in [-0.2, 0) is 0 Å². The molecule has 0 saturated carbocycles. The van der Waals surface area contributed by atoms with Crippen LogP contribution >= 0.6 is 0 Å². The lowest BCUT2D eigenvalue weighted by Crippen LogP contribution is -2.43. The summed E-state index contributed by atoms with van der Waals surface area (Å²) in [5.74, 6) is -0.878. The molecule has 3 aliphatic rings. The van der Waals surface area contributed by atoms with Gasteiger partial charge in [-0.1, -0.05) is 91.0 Å². The van der Waals surface area contributed by atoms with Gasteiger partial charge in [-0.15, -0.1) is 0 Å². The van der Waals surface area contributed by atoms with E-state index in [9.17, 15) is 14.4 Å². The van der Waals surface area contributed by atoms with E-state index in [-0.39, 0.29) is 17.3 Å². The van der Waals surface area contributed by atoms with Gasteiger partial charge in [-0.25, -0.2) is 0 Å². The summed E-state index contributed by atoms with van der Waals surface area (Å²) in [4.78, 5) is 43.7. The Morgan fingerprint density at radius 1 is 0.795 bits per heavy atom. The third-order valence-electron chi connectivity index (χ3n) is 8.38. The number of hydrazone groups is 1. The molecule has 1 spiro atoms. The molecule has 0 amide bonds. The third kappa shape index (κ3) is 3.08. The van der Waals surface area contributed by atoms with Crippen molar-refractivity contribution in [1.29, 1.82) is 0 Å². The SMILES string of the molecule is COc1ccc([C@@H]2[C@@H](C(=O)c3ccccc3)N3N=Cc4ccccc4[C@H]3C23C(=O)c2ccccc2C3=O)cc1. The zero-order valence-corrected chi connectivity index (χ0v) is 21.2. The Labute approximate surface area is 225 Å². The summed E-state index contributed by atoms with van der Waals surface area (Å²) in [6.45, 7) is 0. The van der Waals surface area contributed by atoms with Gasteiger partial charge in [0.15, 0.2) is 17.3 Å². The van der Waals surface area contributed by atoms with Crippen LogP contribution in [0.2, 0.25) is 0 Å². The number of hydrogen-bond donors (Lipinski definition) is 0. The largest absolute Gasteiger partial charge is 0.497 e. The lowest BCUT2D eigenvalue weighted by molar-refractivity contribution is 0.0586. The maximum absolute atomic E-state index is 14.7. The standard InChI is InChI=1S/C33H24N2O4/c1-39-23-17-15-20(16-18-23)27-28(29(36)21-9-3-2-4-10-21)35-30(24-12-6-5-11-22(24)19-34-35)33(27)31(37)25-13-7-8-14-26(25)32(33)38/h2-19,27-28,30H,1H3/t27-,28+,30+/m1/s1. The molecule has 3 atom stereocenters. The van der Waals surface area contributed by atoms with Gasteiger partial charge in [0.05, 0.1) is 19.4 Å². The number of carbonyl (C=O) groups excluding carboxylic acids is 3. The number of ketones is 3. The summed E-state index contributed by atoms with van der Waals surface area (Å²) in [6, 6.07) is 29.3. The highest BCUT2D eigenvalue weighted by atomic mass is 16.5. The smallest absolute Gasteiger partial charge is 0.187 e. The molecule has 0 aromatic heterocycles. The summed E-state index contributed by atoms with van der Waals surface area (Å²) < 4.78 is 5.39. The molecule has 4 aromatic carbocycles. The molecule has 6 heteroatoms. The number of rotatable bonds is 4. The Balaban J connectivity index is 1.55. The molecule has 4 aromatic rings. The van der Waals surface area contributed by atoms with Crippen LogP contribution in [0.1, 0.15) is 59.7 Å². The number of nitrogens with zero attached hydrogens (tertiary/aromatic N) is 2. The summed E-state index contributed by atoms with van der Waals surface area (Å²) in [5, 5.41) is 6.50. The first-order valence-corrected chi connectivity index (χ1v) is 12.9. The molecule has 1 fully saturated rings. The molecule has 190 valence electrons. The average molecular weight is 513 g/mol. The number of hydrogen-bond acceptors (Lipinski definition) is 6. The molecule has 1 aliphatic carbocycles. The lowest BCUT2D eigenvalue weighted by atomic mass is 9.63. The Morgan fingerprint density at radius 2 is 1.41 bits per heavy atom. The molecule has 2 aliphatic heterocycles. The molecule has 1 saturated heterocycles. The molecule has 2 heterocycles. The number of fused-ring (bicyclic) bond motifs is 5. The van der Waals surface area contributed by atoms with Gasteiger partial charge in [0.2, 0.25) is 0 Å². The fourth-order valence-corrected chi connectivity index (χ4v) is 6.73. The van der Waals surface area contributed by atoms with Crippen LogP contribution in [-0.4, -0.2) is 41.7 Å². The van der Waals surface area contributed by atoms with Gasteiger partial charge >= 0.3 is 0 Å². The summed E-state index contributed by atoms with van der Waals surface area (Å²) in [5.41, 5.74) is 2.05. The van der Waals surface area contributed by atoms with Crippen LogP contribution in [0.5, 0.6) is 5.75 Å². The zero-order valence-electron chi connectivity index (χ0n) is 21.2. The van der Waals surface area contributed by atoms with Crippen LogP contribution < -0.4 is 4.74 Å². The van der Waals surface area contributed by atoms with Crippen LogP contribution in [0, 0.1) is 5.41 Å². The zero-order chi connectivity index (χ0) is 26.7. The van der Waals surface area contributed by atoms with E-state index >= 15 is 0 Å². The second kappa shape index (κ2) is 8.60. The molecule has 6 nitrogen and oxygen atoms in total. The van der Waals surface area contributed by atoms with Crippen LogP contribution in [0.3, 0.4) is 0 Å². The molecule has 0 bridgehead atoms. The van der Waals surface area contributed by atoms with Gasteiger partial charge in [-0.2, -0.15) is 5.10 Å². The van der Waals surface area contributed by atoms with E-state index in [1.165, 1.54) is 0 Å². The van der Waals surface area contributed by atoms with Crippen molar-refractivity contribution in [3.8, 4) is 5.75 Å². The van der Waals surface area contributed by atoms with E-state index in [0.717, 1.165) is 11.1 Å². The molecule has 0 N–H and O–H groups in total. The predicted octanol–water partition coefficient (Wildman–Crippen LogP) is 5.50. The van der Waals surface area contributed by atoms with Gasteiger partial charge in [-0.05, 0) is 28.8 Å². The van der Waals surface area contributed by atoms with Crippen molar-refractivity contribution in [2.75, 3.05) is 7.11 Å². The molecule has 0 unspecified atom stereocenters. The fraction of sp³-hybridized carbons (Fsp3) is 0.152. The first kappa shape index (κ1) is 23.3. The van der Waals surface area contributed by atoms with Crippen molar-refractivity contribution in [2.24, 2.45) is 10.5 Å². The maximum atomic E-state index is 14.7. The minimum atomic E-state index is -1.58. The Morgan fingerprint density at radius 3 is 2.08 bits per heavy atom. The maximum Gasteiger partial charge on any atom is 0.187 e. The van der Waals surface area contributed by atoms with Crippen molar-refractivity contribution < 1.29 is 19.1 Å². The van der Waals surface area contributed by atoms with Crippen LogP contribution in [0.15, 0.2) is 108 Å². The van der Waals surface area contributed by atoms with Gasteiger partial charge in [0, 0.05) is 22.6 Å². The minimum Gasteiger partial charge on any atom is -0.497 e. The molecule has 39 heavy (non-hydrogen) atoms. The van der Waals surface area contributed by atoms with Crippen LogP contribution in [0.25, 0.3) is 0 Å². The Hall–Kier alpha value is -4.84. The van der Waals surface area contributed by atoms with E-state index in [2.05, 4.69) is 0 Å². The van der Waals surface area contributed by atoms with E-state index < -0.39 is 23.4 Å². The Kier molecular flexibility index (Phi) is 5.13. The first-order valence-electron chi connectivity index (χ1n) is 12.9. The van der Waals surface area contributed by atoms with Gasteiger partial charge < -0.3 is 4.74 Å². The van der Waals surface area contributed by atoms with E-state index in [1.54, 1.807) is 66.9 Å². The van der Waals surface area contributed by atoms with Crippen molar-refractivity contribution in [3.05, 3.63) is 137 Å². The van der Waals surface area contributed by atoms with Crippen molar-refractivity contribution >= 4 is 23.6 Å². The quantitative estimate of drug-likeness (QED) is 0.267. The number of ether oxygens (including phenoxy) is 1. The first-order chi connectivity index (χ1) is 19.1. The van der Waals surface area contributed by atoms with E-state index in [0.29, 0.717) is 28.0 Å². The van der Waals surface area contributed by atoms with E-state index in [4.69, 9.17) is 9.84 Å². The minimum absolute atomic E-state index is 0.189. The van der Waals surface area contributed by atoms with Gasteiger partial charge in [0.1, 0.15) is 17.2 Å². The second-order valence-electron chi connectivity index (χ2n) is 10.2. The normalized spacial score (nSPS) is 22.0. The monoisotopic (exact) mass is 512 g/mol. The number of methoxy groups -OCH3 is 1. The molecule has 0 radical (unpaired) electrons. The summed E-state index contributed by atoms with van der Waals surface area (Å²) >= 11 is 0. The number of benzene rings is 4. The van der Waals surface area contributed by atoms with Crippen LogP contribution in [0.4, 0.5) is 0 Å². The third-order valence-corrected chi connectivity index (χ3v) is 8.38. The highest BCUT2D eigenvalue weighted by Gasteiger charge is 2.72. The van der Waals surface area contributed by atoms with Crippen molar-refractivity contribution in [1.82, 2.24) is 5.01 Å². The Bertz CT molecular complexity index is 1640. The molecule has 7 rings (SSSR count). The number of carbonyl (C=O) groups is 3. The van der Waals surface area contributed by atoms with E-state index in [1.807, 2.05) is 54.6 Å². The van der Waals surface area contributed by atoms with Gasteiger partial charge in [0.25, 0.3) is 0 Å². The molecular weight excluding hydrogens is 488 g/mol. The van der Waals surface area contributed by atoms with Gasteiger partial charge in [-0.3, -0.25) is 19.4 Å². The molecular formula is C33H24N2O4. The van der Waals surface area contributed by atoms with Crippen molar-refractivity contribution in [2.45, 2.75) is 18.0 Å². The topological polar surface area (TPSA) is 76.0 Å². The summed E-state index contributed by atoms with van der Waals surface area (Å²) in [7, 11) is 1.58. The van der Waals surface area contributed by atoms with Crippen molar-refractivity contribution in [3.63, 3.8) is 0 Å². The summed E-state index contributed by atoms with van der Waals surface area (Å²) in [6.07, 6.45) is 1.72. The lowest BCUT2D eigenvalue weighted by Gasteiger charge is -2.36.